The molecule has 1 N–H and O–H groups in total. The highest BCUT2D eigenvalue weighted by atomic mass is 19.1. The monoisotopic (exact) mass is 214 g/mol. The molecule has 88 valence electrons. The number of nitrogens with one attached hydrogen (secondary N) is 1. The number of hydrogen-bond donors (Lipinski definition) is 1. The molecule has 2 unspecified atom stereocenters. The molecule has 0 aromatic heterocycles. The predicted molar refractivity (Wildman–Crippen MR) is 60.8 cm³/mol. The molecule has 2 aliphatic heterocycles. The molecule has 2 rings (SSSR count). The van der Waals surface area contributed by atoms with Crippen LogP contribution in [0.15, 0.2) is 0 Å². The Bertz CT molecular complexity index is 186. The molecule has 2 bridgehead atoms. The topological polar surface area (TPSA) is 15.3 Å². The Balaban J connectivity index is 1.85. The molecule has 2 atom stereocenters. The first-order valence-electron chi connectivity index (χ1n) is 6.39. The van der Waals surface area contributed by atoms with Gasteiger partial charge >= 0.3 is 0 Å². The van der Waals surface area contributed by atoms with Crippen LogP contribution in [0.2, 0.25) is 0 Å². The largest absolute Gasteiger partial charge is 0.311 e. The number of halogens is 1. The fourth-order valence-corrected chi connectivity index (χ4v) is 3.19. The molecule has 3 heteroatoms. The summed E-state index contributed by atoms with van der Waals surface area (Å²) in [6.07, 6.45) is 5.95. The predicted octanol–water partition coefficient (Wildman–Crippen LogP) is 1.95. The lowest BCUT2D eigenvalue weighted by molar-refractivity contribution is 0.143. The van der Waals surface area contributed by atoms with Gasteiger partial charge in [-0.2, -0.15) is 0 Å². The highest BCUT2D eigenvalue weighted by molar-refractivity contribution is 4.95. The van der Waals surface area contributed by atoms with Gasteiger partial charge in [0.05, 0.1) is 6.67 Å². The summed E-state index contributed by atoms with van der Waals surface area (Å²) in [7, 11) is 0. The maximum absolute atomic E-state index is 12.2. The van der Waals surface area contributed by atoms with E-state index in [2.05, 4.69) is 17.1 Å². The number of piperidine rings is 1. The van der Waals surface area contributed by atoms with Crippen molar-refractivity contribution in [1.82, 2.24) is 10.2 Å². The number of alkyl halides is 1. The van der Waals surface area contributed by atoms with Crippen molar-refractivity contribution in [2.75, 3.05) is 19.8 Å². The summed E-state index contributed by atoms with van der Waals surface area (Å²) < 4.78 is 12.2. The Morgan fingerprint density at radius 2 is 1.93 bits per heavy atom. The van der Waals surface area contributed by atoms with Crippen LogP contribution in [-0.4, -0.2) is 42.8 Å². The average Bonchev–Trinajstić information content (AvgIpc) is 2.59. The molecule has 15 heavy (non-hydrogen) atoms. The van der Waals surface area contributed by atoms with Crippen LogP contribution in [0.5, 0.6) is 0 Å². The van der Waals surface area contributed by atoms with Gasteiger partial charge in [0.15, 0.2) is 0 Å². The first kappa shape index (κ1) is 11.3. The highest BCUT2D eigenvalue weighted by Gasteiger charge is 2.35. The van der Waals surface area contributed by atoms with E-state index in [9.17, 15) is 4.39 Å². The molecule has 0 saturated carbocycles. The fraction of sp³-hybridized carbons (Fsp3) is 1.00. The van der Waals surface area contributed by atoms with Crippen molar-refractivity contribution < 1.29 is 4.39 Å². The summed E-state index contributed by atoms with van der Waals surface area (Å²) in [5.41, 5.74) is 0. The van der Waals surface area contributed by atoms with Gasteiger partial charge in [-0.1, -0.05) is 6.92 Å². The first-order valence-corrected chi connectivity index (χ1v) is 6.39. The molecular weight excluding hydrogens is 191 g/mol. The third-order valence-electron chi connectivity index (χ3n) is 3.95. The van der Waals surface area contributed by atoms with Crippen LogP contribution in [0, 0.1) is 0 Å². The third-order valence-corrected chi connectivity index (χ3v) is 3.95. The van der Waals surface area contributed by atoms with Crippen molar-refractivity contribution in [2.45, 2.75) is 57.2 Å². The summed E-state index contributed by atoms with van der Waals surface area (Å²) in [6, 6.07) is 2.20. The van der Waals surface area contributed by atoms with E-state index < -0.39 is 0 Å². The molecular formula is C12H23FN2. The number of hydrogen-bond acceptors (Lipinski definition) is 2. The molecule has 0 amide bonds. The van der Waals surface area contributed by atoms with Gasteiger partial charge in [0.25, 0.3) is 0 Å². The van der Waals surface area contributed by atoms with E-state index in [1.54, 1.807) is 0 Å². The molecule has 2 fully saturated rings. The van der Waals surface area contributed by atoms with Crippen molar-refractivity contribution in [1.29, 1.82) is 0 Å². The second-order valence-corrected chi connectivity index (χ2v) is 4.93. The summed E-state index contributed by atoms with van der Waals surface area (Å²) in [5, 5.41) is 3.65. The lowest BCUT2D eigenvalue weighted by Gasteiger charge is -2.37. The Morgan fingerprint density at radius 1 is 1.27 bits per heavy atom. The quantitative estimate of drug-likeness (QED) is 0.752. The van der Waals surface area contributed by atoms with Crippen LogP contribution in [0.25, 0.3) is 0 Å². The molecule has 2 saturated heterocycles. The van der Waals surface area contributed by atoms with E-state index in [0.29, 0.717) is 12.5 Å². The molecule has 0 spiro atoms. The summed E-state index contributed by atoms with van der Waals surface area (Å²) in [6.45, 7) is 4.04. The van der Waals surface area contributed by atoms with Gasteiger partial charge in [-0.15, -0.1) is 0 Å². The maximum Gasteiger partial charge on any atom is 0.0906 e. The molecule has 0 aromatic rings. The minimum atomic E-state index is -0.172. The lowest BCUT2D eigenvalue weighted by atomic mass is 9.98. The lowest BCUT2D eigenvalue weighted by Crippen LogP contribution is -2.48. The van der Waals surface area contributed by atoms with Gasteiger partial charge in [-0.25, -0.2) is 0 Å². The van der Waals surface area contributed by atoms with Crippen LogP contribution in [0.1, 0.15) is 39.0 Å². The third kappa shape index (κ3) is 2.70. The van der Waals surface area contributed by atoms with Gasteiger partial charge in [-0.3, -0.25) is 4.39 Å². The van der Waals surface area contributed by atoms with Crippen molar-refractivity contribution in [2.24, 2.45) is 0 Å². The molecule has 0 aromatic carbocycles. The van der Waals surface area contributed by atoms with Crippen LogP contribution in [0.3, 0.4) is 0 Å². The molecule has 0 radical (unpaired) electrons. The average molecular weight is 214 g/mol. The highest BCUT2D eigenvalue weighted by Crippen LogP contribution is 2.29. The minimum Gasteiger partial charge on any atom is -0.311 e. The van der Waals surface area contributed by atoms with Crippen LogP contribution >= 0.6 is 0 Å². The Hall–Kier alpha value is -0.150. The van der Waals surface area contributed by atoms with Gasteiger partial charge in [0.1, 0.15) is 0 Å². The standard InChI is InChI=1S/C12H23FN2/c1-2-15(7-3-6-13)12-8-10-4-5-11(9-12)14-10/h10-12,14H,2-9H2,1H3. The fourth-order valence-electron chi connectivity index (χ4n) is 3.19. The second-order valence-electron chi connectivity index (χ2n) is 4.93. The van der Waals surface area contributed by atoms with Gasteiger partial charge in [0, 0.05) is 24.7 Å². The molecule has 2 heterocycles. The Kier molecular flexibility index (Phi) is 3.98. The normalized spacial score (nSPS) is 35.0. The molecule has 2 nitrogen and oxygen atoms in total. The smallest absolute Gasteiger partial charge is 0.0906 e. The number of rotatable bonds is 5. The number of fused-ring (bicyclic) bond motifs is 2. The maximum atomic E-state index is 12.2. The molecule has 0 aliphatic carbocycles. The van der Waals surface area contributed by atoms with Crippen molar-refractivity contribution >= 4 is 0 Å². The van der Waals surface area contributed by atoms with E-state index in [-0.39, 0.29) is 6.67 Å². The van der Waals surface area contributed by atoms with E-state index in [1.807, 2.05) is 0 Å². The van der Waals surface area contributed by atoms with E-state index in [1.165, 1.54) is 25.7 Å². The van der Waals surface area contributed by atoms with Gasteiger partial charge in [-0.05, 0) is 38.6 Å². The van der Waals surface area contributed by atoms with Crippen molar-refractivity contribution in [3.63, 3.8) is 0 Å². The molecule has 2 aliphatic rings. The number of nitrogens with zero attached hydrogens (tertiary/aromatic N) is 1. The summed E-state index contributed by atoms with van der Waals surface area (Å²) in [4.78, 5) is 2.48. The minimum absolute atomic E-state index is 0.172. The SMILES string of the molecule is CCN(CCCF)C1CC2CCC(C1)N2. The van der Waals surface area contributed by atoms with Crippen LogP contribution < -0.4 is 5.32 Å². The summed E-state index contributed by atoms with van der Waals surface area (Å²) >= 11 is 0. The first-order chi connectivity index (χ1) is 7.33. The Labute approximate surface area is 92.2 Å². The summed E-state index contributed by atoms with van der Waals surface area (Å²) in [5.74, 6) is 0. The van der Waals surface area contributed by atoms with Crippen molar-refractivity contribution in [3.05, 3.63) is 0 Å². The Morgan fingerprint density at radius 3 is 2.47 bits per heavy atom. The van der Waals surface area contributed by atoms with E-state index in [4.69, 9.17) is 0 Å². The van der Waals surface area contributed by atoms with Crippen LogP contribution in [-0.2, 0) is 0 Å². The van der Waals surface area contributed by atoms with Crippen molar-refractivity contribution in [3.8, 4) is 0 Å². The van der Waals surface area contributed by atoms with Gasteiger partial charge < -0.3 is 10.2 Å². The van der Waals surface area contributed by atoms with E-state index in [0.717, 1.165) is 25.2 Å². The van der Waals surface area contributed by atoms with Gasteiger partial charge in [0.2, 0.25) is 0 Å². The zero-order chi connectivity index (χ0) is 10.7. The zero-order valence-electron chi connectivity index (χ0n) is 9.71. The van der Waals surface area contributed by atoms with E-state index >= 15 is 0 Å². The van der Waals surface area contributed by atoms with Crippen LogP contribution in [0.4, 0.5) is 4.39 Å². The zero-order valence-corrected chi connectivity index (χ0v) is 9.71. The second kappa shape index (κ2) is 5.26.